The fourth-order valence-corrected chi connectivity index (χ4v) is 1.39. The van der Waals surface area contributed by atoms with Crippen LogP contribution in [0.2, 0.25) is 5.02 Å². The molecule has 0 radical (unpaired) electrons. The molecule has 0 aliphatic heterocycles. The first-order chi connectivity index (χ1) is 8.39. The second-order valence-electron chi connectivity index (χ2n) is 3.54. The van der Waals surface area contributed by atoms with E-state index in [1.54, 1.807) is 0 Å². The molecule has 18 heavy (non-hydrogen) atoms. The van der Waals surface area contributed by atoms with Crippen molar-refractivity contribution in [2.24, 2.45) is 0 Å². The Morgan fingerprint density at radius 3 is 2.78 bits per heavy atom. The monoisotopic (exact) mass is 279 g/mol. The normalized spacial score (nSPS) is 11.2. The van der Waals surface area contributed by atoms with Crippen molar-refractivity contribution in [3.63, 3.8) is 0 Å². The van der Waals surface area contributed by atoms with E-state index in [2.05, 4.69) is 0 Å². The number of ether oxygens (including phenoxy) is 1. The van der Waals surface area contributed by atoms with Crippen molar-refractivity contribution >= 4 is 17.5 Å². The van der Waals surface area contributed by atoms with Gasteiger partial charge in [0.05, 0.1) is 19.2 Å². The number of nitrogens with one attached hydrogen (secondary N) is 1. The van der Waals surface area contributed by atoms with E-state index in [1.165, 1.54) is 25.3 Å². The Morgan fingerprint density at radius 1 is 1.56 bits per heavy atom. The van der Waals surface area contributed by atoms with Crippen molar-refractivity contribution in [2.45, 2.75) is 5.92 Å². The van der Waals surface area contributed by atoms with E-state index in [0.29, 0.717) is 0 Å². The Morgan fingerprint density at radius 2 is 2.22 bits per heavy atom. The van der Waals surface area contributed by atoms with Gasteiger partial charge in [0.15, 0.2) is 0 Å². The second kappa shape index (κ2) is 5.97. The summed E-state index contributed by atoms with van der Waals surface area (Å²) in [5, 5.41) is 10.7. The van der Waals surface area contributed by atoms with Crippen LogP contribution in [0.3, 0.4) is 0 Å². The summed E-state index contributed by atoms with van der Waals surface area (Å²) in [7, 11) is 1.35. The summed E-state index contributed by atoms with van der Waals surface area (Å²) >= 11 is 5.71. The number of benzene rings is 1. The number of alkyl halides is 2. The third kappa shape index (κ3) is 3.82. The number of halogens is 3. The molecule has 0 aliphatic carbocycles. The third-order valence-corrected chi connectivity index (χ3v) is 2.38. The van der Waals surface area contributed by atoms with E-state index in [1.807, 2.05) is 5.32 Å². The predicted octanol–water partition coefficient (Wildman–Crippen LogP) is 1.71. The van der Waals surface area contributed by atoms with Gasteiger partial charge < -0.3 is 15.2 Å². The number of methoxy groups -OCH3 is 1. The molecule has 7 heteroatoms. The van der Waals surface area contributed by atoms with Crippen molar-refractivity contribution in [1.29, 1.82) is 0 Å². The summed E-state index contributed by atoms with van der Waals surface area (Å²) in [5.74, 6) is -3.88. The molecular weight excluding hydrogens is 268 g/mol. The van der Waals surface area contributed by atoms with Gasteiger partial charge in [-0.05, 0) is 18.2 Å². The van der Waals surface area contributed by atoms with E-state index in [-0.39, 0.29) is 16.3 Å². The molecule has 1 aromatic carbocycles. The van der Waals surface area contributed by atoms with E-state index in [4.69, 9.17) is 21.4 Å². The summed E-state index contributed by atoms with van der Waals surface area (Å²) in [6, 6.07) is 4.29. The van der Waals surface area contributed by atoms with Crippen molar-refractivity contribution in [3.8, 4) is 5.75 Å². The molecule has 0 bridgehead atoms. The molecule has 0 saturated heterocycles. The van der Waals surface area contributed by atoms with Crippen LogP contribution in [0.25, 0.3) is 0 Å². The molecule has 0 aromatic heterocycles. The number of rotatable bonds is 5. The highest BCUT2D eigenvalue weighted by molar-refractivity contribution is 6.31. The van der Waals surface area contributed by atoms with Crippen LogP contribution in [0, 0.1) is 0 Å². The summed E-state index contributed by atoms with van der Waals surface area (Å²) < 4.78 is 30.5. The van der Waals surface area contributed by atoms with E-state index in [9.17, 15) is 13.6 Å². The maximum absolute atomic E-state index is 12.8. The Kier molecular flexibility index (Phi) is 4.86. The lowest BCUT2D eigenvalue weighted by atomic mass is 10.2. The third-order valence-electron chi connectivity index (χ3n) is 2.15. The Bertz CT molecular complexity index is 440. The zero-order chi connectivity index (χ0) is 13.8. The fourth-order valence-electron chi connectivity index (χ4n) is 1.22. The number of aliphatic hydroxyl groups is 1. The van der Waals surface area contributed by atoms with Crippen LogP contribution in [-0.2, 0) is 0 Å². The average molecular weight is 280 g/mol. The van der Waals surface area contributed by atoms with Crippen LogP contribution in [0.5, 0.6) is 5.75 Å². The maximum Gasteiger partial charge on any atom is 0.287 e. The molecule has 2 N–H and O–H groups in total. The van der Waals surface area contributed by atoms with Crippen LogP contribution in [0.15, 0.2) is 18.2 Å². The van der Waals surface area contributed by atoms with Gasteiger partial charge in [0.1, 0.15) is 12.4 Å². The Hall–Kier alpha value is -1.40. The number of amides is 1. The first kappa shape index (κ1) is 14.7. The van der Waals surface area contributed by atoms with E-state index >= 15 is 0 Å². The SMILES string of the molecule is COc1ccc(Cl)cc1C(=O)NCC(F)(F)CO. The molecule has 1 amide bonds. The van der Waals surface area contributed by atoms with Crippen LogP contribution in [-0.4, -0.2) is 37.2 Å². The standard InChI is InChI=1S/C11H12ClF2NO3/c1-18-9-3-2-7(12)4-8(9)10(17)15-5-11(13,14)6-16/h2-4,16H,5-6H2,1H3,(H,15,17). The van der Waals surface area contributed by atoms with Gasteiger partial charge in [-0.2, -0.15) is 0 Å². The van der Waals surface area contributed by atoms with Crippen LogP contribution in [0.4, 0.5) is 8.78 Å². The Labute approximate surface area is 108 Å². The molecule has 0 spiro atoms. The number of hydrogen-bond donors (Lipinski definition) is 2. The minimum Gasteiger partial charge on any atom is -0.496 e. The molecule has 0 aliphatic rings. The average Bonchev–Trinajstić information content (AvgIpc) is 2.36. The zero-order valence-electron chi connectivity index (χ0n) is 9.54. The van der Waals surface area contributed by atoms with Crippen molar-refractivity contribution in [2.75, 3.05) is 20.3 Å². The summed E-state index contributed by atoms with van der Waals surface area (Å²) in [4.78, 5) is 11.7. The minimum atomic E-state index is -3.36. The second-order valence-corrected chi connectivity index (χ2v) is 3.98. The zero-order valence-corrected chi connectivity index (χ0v) is 10.3. The topological polar surface area (TPSA) is 58.6 Å². The highest BCUT2D eigenvalue weighted by Gasteiger charge is 2.28. The molecule has 1 aromatic rings. The first-order valence-corrected chi connectivity index (χ1v) is 5.38. The van der Waals surface area contributed by atoms with E-state index in [0.717, 1.165) is 0 Å². The lowest BCUT2D eigenvalue weighted by molar-refractivity contribution is -0.0462. The van der Waals surface area contributed by atoms with Gasteiger partial charge in [-0.15, -0.1) is 0 Å². The van der Waals surface area contributed by atoms with Crippen LogP contribution < -0.4 is 10.1 Å². The number of carbonyl (C=O) groups excluding carboxylic acids is 1. The molecule has 0 fully saturated rings. The quantitative estimate of drug-likeness (QED) is 0.863. The highest BCUT2D eigenvalue weighted by Crippen LogP contribution is 2.22. The molecule has 0 heterocycles. The number of carbonyl (C=O) groups is 1. The summed E-state index contributed by atoms with van der Waals surface area (Å²) in [5.41, 5.74) is 0.0544. The summed E-state index contributed by atoms with van der Waals surface area (Å²) in [6.07, 6.45) is 0. The van der Waals surface area contributed by atoms with Gasteiger partial charge in [-0.25, -0.2) is 8.78 Å². The van der Waals surface area contributed by atoms with Crippen molar-refractivity contribution in [3.05, 3.63) is 28.8 Å². The largest absolute Gasteiger partial charge is 0.496 e. The maximum atomic E-state index is 12.8. The molecule has 4 nitrogen and oxygen atoms in total. The van der Waals surface area contributed by atoms with Crippen molar-refractivity contribution in [1.82, 2.24) is 5.32 Å². The van der Waals surface area contributed by atoms with Gasteiger partial charge in [-0.3, -0.25) is 4.79 Å². The summed E-state index contributed by atoms with van der Waals surface area (Å²) in [6.45, 7) is -2.29. The molecule has 100 valence electrons. The smallest absolute Gasteiger partial charge is 0.287 e. The minimum absolute atomic E-state index is 0.0544. The van der Waals surface area contributed by atoms with Crippen molar-refractivity contribution < 1.29 is 23.4 Å². The van der Waals surface area contributed by atoms with Gasteiger partial charge >= 0.3 is 0 Å². The van der Waals surface area contributed by atoms with Crippen LogP contribution in [0.1, 0.15) is 10.4 Å². The number of hydrogen-bond acceptors (Lipinski definition) is 3. The van der Waals surface area contributed by atoms with Gasteiger partial charge in [-0.1, -0.05) is 11.6 Å². The van der Waals surface area contributed by atoms with Gasteiger partial charge in [0.2, 0.25) is 0 Å². The molecule has 0 unspecified atom stereocenters. The molecule has 1 rings (SSSR count). The molecule has 0 saturated carbocycles. The highest BCUT2D eigenvalue weighted by atomic mass is 35.5. The first-order valence-electron chi connectivity index (χ1n) is 5.00. The fraction of sp³-hybridized carbons (Fsp3) is 0.364. The molecule has 0 atom stereocenters. The van der Waals surface area contributed by atoms with Gasteiger partial charge in [0.25, 0.3) is 11.8 Å². The van der Waals surface area contributed by atoms with Crippen LogP contribution >= 0.6 is 11.6 Å². The lowest BCUT2D eigenvalue weighted by Crippen LogP contribution is -2.39. The Balaban J connectivity index is 2.81. The van der Waals surface area contributed by atoms with Gasteiger partial charge in [0, 0.05) is 5.02 Å². The van der Waals surface area contributed by atoms with E-state index < -0.39 is 25.0 Å². The predicted molar refractivity (Wildman–Crippen MR) is 62.4 cm³/mol. The lowest BCUT2D eigenvalue weighted by Gasteiger charge is -2.15. The number of aliphatic hydroxyl groups excluding tert-OH is 1. The molecular formula is C11H12ClF2NO3.